The average Bonchev–Trinajstić information content (AvgIpc) is 3.11. The number of nitrogens with one attached hydrogen (secondary N) is 1. The molecule has 0 radical (unpaired) electrons. The minimum Gasteiger partial charge on any atom is -0.461 e. The topological polar surface area (TPSA) is 81.4 Å². The van der Waals surface area contributed by atoms with Gasteiger partial charge in [0.1, 0.15) is 5.58 Å². The number of para-hydroxylation sites is 1. The predicted octanol–water partition coefficient (Wildman–Crippen LogP) is 3.63. The number of fused-ring (bicyclic) bond motifs is 1. The van der Waals surface area contributed by atoms with Gasteiger partial charge in [-0.3, -0.25) is 10.1 Å². The lowest BCUT2D eigenvalue weighted by molar-refractivity contribution is 0.0519. The van der Waals surface area contributed by atoms with E-state index in [2.05, 4.69) is 10.3 Å². The van der Waals surface area contributed by atoms with Crippen molar-refractivity contribution in [2.75, 3.05) is 11.9 Å². The summed E-state index contributed by atoms with van der Waals surface area (Å²) in [5.74, 6) is -0.715. The zero-order chi connectivity index (χ0) is 16.4. The van der Waals surface area contributed by atoms with E-state index in [1.807, 2.05) is 18.2 Å². The maximum Gasteiger partial charge on any atom is 0.358 e. The van der Waals surface area contributed by atoms with Crippen LogP contribution >= 0.6 is 11.3 Å². The fourth-order valence-corrected chi connectivity index (χ4v) is 2.89. The SMILES string of the molecule is CCOC(=O)c1nc(NC(=O)c2cc3ccccc3o2)sc1C. The van der Waals surface area contributed by atoms with Crippen LogP contribution in [0.1, 0.15) is 32.8 Å². The molecule has 1 N–H and O–H groups in total. The molecule has 2 heterocycles. The molecule has 0 unspecified atom stereocenters. The Morgan fingerprint density at radius 2 is 2.13 bits per heavy atom. The largest absolute Gasteiger partial charge is 0.461 e. The van der Waals surface area contributed by atoms with Gasteiger partial charge < -0.3 is 9.15 Å². The minimum absolute atomic E-state index is 0.191. The number of thiazole rings is 1. The number of aryl methyl sites for hydroxylation is 1. The van der Waals surface area contributed by atoms with Crippen LogP contribution in [-0.4, -0.2) is 23.5 Å². The lowest BCUT2D eigenvalue weighted by atomic mass is 10.2. The van der Waals surface area contributed by atoms with Crippen LogP contribution in [-0.2, 0) is 4.74 Å². The van der Waals surface area contributed by atoms with Gasteiger partial charge >= 0.3 is 5.97 Å². The van der Waals surface area contributed by atoms with Gasteiger partial charge in [0, 0.05) is 10.3 Å². The highest BCUT2D eigenvalue weighted by atomic mass is 32.1. The molecule has 0 aliphatic carbocycles. The Morgan fingerprint density at radius 1 is 1.35 bits per heavy atom. The number of aromatic nitrogens is 1. The van der Waals surface area contributed by atoms with Crippen LogP contribution in [0.25, 0.3) is 11.0 Å². The highest BCUT2D eigenvalue weighted by Crippen LogP contribution is 2.24. The second kappa shape index (κ2) is 6.21. The zero-order valence-corrected chi connectivity index (χ0v) is 13.4. The summed E-state index contributed by atoms with van der Waals surface area (Å²) in [6.45, 7) is 3.75. The van der Waals surface area contributed by atoms with E-state index in [1.54, 1.807) is 26.0 Å². The molecular formula is C16H14N2O4S. The second-order valence-corrected chi connectivity index (χ2v) is 5.95. The van der Waals surface area contributed by atoms with E-state index in [0.717, 1.165) is 5.39 Å². The number of carbonyl (C=O) groups excluding carboxylic acids is 2. The van der Waals surface area contributed by atoms with Crippen LogP contribution in [0, 0.1) is 6.92 Å². The Bertz CT molecular complexity index is 848. The van der Waals surface area contributed by atoms with Gasteiger partial charge in [-0.15, -0.1) is 11.3 Å². The number of anilines is 1. The average molecular weight is 330 g/mol. The molecule has 0 aliphatic heterocycles. The van der Waals surface area contributed by atoms with Gasteiger partial charge in [-0.2, -0.15) is 0 Å². The summed E-state index contributed by atoms with van der Waals surface area (Å²) >= 11 is 1.21. The van der Waals surface area contributed by atoms with Crippen molar-refractivity contribution in [1.82, 2.24) is 4.98 Å². The van der Waals surface area contributed by atoms with Gasteiger partial charge in [0.15, 0.2) is 16.6 Å². The molecule has 7 heteroatoms. The van der Waals surface area contributed by atoms with Gasteiger partial charge in [0.05, 0.1) is 6.61 Å². The third-order valence-corrected chi connectivity index (χ3v) is 4.02. The Balaban J connectivity index is 1.80. The Labute approximate surface area is 136 Å². The minimum atomic E-state index is -0.495. The van der Waals surface area contributed by atoms with E-state index < -0.39 is 11.9 Å². The van der Waals surface area contributed by atoms with Crippen molar-refractivity contribution in [2.45, 2.75) is 13.8 Å². The van der Waals surface area contributed by atoms with Crippen molar-refractivity contribution < 1.29 is 18.7 Å². The third-order valence-electron chi connectivity index (χ3n) is 3.14. The first-order valence-corrected chi connectivity index (χ1v) is 7.84. The summed E-state index contributed by atoms with van der Waals surface area (Å²) in [7, 11) is 0. The van der Waals surface area contributed by atoms with E-state index in [0.29, 0.717) is 15.6 Å². The lowest BCUT2D eigenvalue weighted by Crippen LogP contribution is -2.11. The van der Waals surface area contributed by atoms with E-state index in [-0.39, 0.29) is 18.1 Å². The third kappa shape index (κ3) is 3.09. The molecule has 23 heavy (non-hydrogen) atoms. The molecule has 0 fully saturated rings. The van der Waals surface area contributed by atoms with Gasteiger partial charge in [-0.05, 0) is 26.0 Å². The monoisotopic (exact) mass is 330 g/mol. The quantitative estimate of drug-likeness (QED) is 0.739. The summed E-state index contributed by atoms with van der Waals surface area (Å²) < 4.78 is 10.4. The van der Waals surface area contributed by atoms with E-state index in [9.17, 15) is 9.59 Å². The number of esters is 1. The molecule has 1 amide bonds. The van der Waals surface area contributed by atoms with Crippen molar-refractivity contribution in [3.05, 3.63) is 46.7 Å². The first-order chi connectivity index (χ1) is 11.1. The molecule has 6 nitrogen and oxygen atoms in total. The van der Waals surface area contributed by atoms with Gasteiger partial charge in [-0.25, -0.2) is 9.78 Å². The normalized spacial score (nSPS) is 10.7. The molecule has 118 valence electrons. The Kier molecular flexibility index (Phi) is 4.12. The standard InChI is InChI=1S/C16H14N2O4S/c1-3-21-15(20)13-9(2)23-16(17-13)18-14(19)12-8-10-6-4-5-7-11(10)22-12/h4-8H,3H2,1-2H3,(H,17,18,19). The summed E-state index contributed by atoms with van der Waals surface area (Å²) in [5, 5.41) is 3.82. The molecule has 0 spiro atoms. The highest BCUT2D eigenvalue weighted by molar-refractivity contribution is 7.16. The van der Waals surface area contributed by atoms with E-state index in [1.165, 1.54) is 11.3 Å². The maximum absolute atomic E-state index is 12.2. The maximum atomic E-state index is 12.2. The first-order valence-electron chi connectivity index (χ1n) is 7.03. The number of benzene rings is 1. The molecule has 3 rings (SSSR count). The summed E-state index contributed by atoms with van der Waals surface area (Å²) in [5.41, 5.74) is 0.858. The van der Waals surface area contributed by atoms with E-state index in [4.69, 9.17) is 9.15 Å². The van der Waals surface area contributed by atoms with Crippen molar-refractivity contribution in [3.8, 4) is 0 Å². The number of hydrogen-bond donors (Lipinski definition) is 1. The molecule has 0 atom stereocenters. The van der Waals surface area contributed by atoms with E-state index >= 15 is 0 Å². The summed E-state index contributed by atoms with van der Waals surface area (Å²) in [6, 6.07) is 9.02. The van der Waals surface area contributed by atoms with Crippen molar-refractivity contribution in [2.24, 2.45) is 0 Å². The summed E-state index contributed by atoms with van der Waals surface area (Å²) in [4.78, 5) is 28.8. The number of rotatable bonds is 4. The number of furan rings is 1. The predicted molar refractivity (Wildman–Crippen MR) is 87.0 cm³/mol. The molecule has 3 aromatic rings. The molecular weight excluding hydrogens is 316 g/mol. The number of ether oxygens (including phenoxy) is 1. The first kappa shape index (κ1) is 15.2. The zero-order valence-electron chi connectivity index (χ0n) is 12.6. The molecule has 0 aliphatic rings. The molecule has 0 saturated heterocycles. The van der Waals surface area contributed by atoms with Crippen molar-refractivity contribution in [3.63, 3.8) is 0 Å². The van der Waals surface area contributed by atoms with Gasteiger partial charge in [-0.1, -0.05) is 18.2 Å². The fraction of sp³-hybridized carbons (Fsp3) is 0.188. The number of carbonyl (C=O) groups is 2. The second-order valence-electron chi connectivity index (χ2n) is 4.75. The van der Waals surface area contributed by atoms with Crippen LogP contribution in [0.4, 0.5) is 5.13 Å². The van der Waals surface area contributed by atoms with Gasteiger partial charge in [0.25, 0.3) is 5.91 Å². The molecule has 0 bridgehead atoms. The lowest BCUT2D eigenvalue weighted by Gasteiger charge is -1.98. The molecule has 0 saturated carbocycles. The van der Waals surface area contributed by atoms with Crippen LogP contribution in [0.2, 0.25) is 0 Å². The van der Waals surface area contributed by atoms with Crippen LogP contribution in [0.5, 0.6) is 0 Å². The van der Waals surface area contributed by atoms with Crippen LogP contribution in [0.3, 0.4) is 0 Å². The van der Waals surface area contributed by atoms with Crippen LogP contribution in [0.15, 0.2) is 34.7 Å². The smallest absolute Gasteiger partial charge is 0.358 e. The number of amides is 1. The van der Waals surface area contributed by atoms with Crippen LogP contribution < -0.4 is 5.32 Å². The summed E-state index contributed by atoms with van der Waals surface area (Å²) in [6.07, 6.45) is 0. The van der Waals surface area contributed by atoms with Gasteiger partial charge in [0.2, 0.25) is 0 Å². The van der Waals surface area contributed by atoms with Crippen molar-refractivity contribution in [1.29, 1.82) is 0 Å². The number of hydrogen-bond acceptors (Lipinski definition) is 6. The Morgan fingerprint density at radius 3 is 2.87 bits per heavy atom. The highest BCUT2D eigenvalue weighted by Gasteiger charge is 2.19. The molecule has 1 aromatic carbocycles. The number of nitrogens with zero attached hydrogens (tertiary/aromatic N) is 1. The Hall–Kier alpha value is -2.67. The molecule has 2 aromatic heterocycles. The van der Waals surface area contributed by atoms with Crippen molar-refractivity contribution >= 4 is 39.3 Å². The fourth-order valence-electron chi connectivity index (χ4n) is 2.09.